The van der Waals surface area contributed by atoms with Crippen molar-refractivity contribution in [2.75, 3.05) is 7.11 Å². The zero-order valence-corrected chi connectivity index (χ0v) is 12.0. The third kappa shape index (κ3) is 5.28. The summed E-state index contributed by atoms with van der Waals surface area (Å²) in [5, 5.41) is 11.0. The highest BCUT2D eigenvalue weighted by Crippen LogP contribution is 2.31. The third-order valence-corrected chi connectivity index (χ3v) is 2.95. The maximum absolute atomic E-state index is 12.8. The number of rotatable bonds is 6. The van der Waals surface area contributed by atoms with Gasteiger partial charge in [0.1, 0.15) is 6.04 Å². The van der Waals surface area contributed by atoms with Crippen LogP contribution in [0.2, 0.25) is 0 Å². The van der Waals surface area contributed by atoms with Crippen LogP contribution in [0, 0.1) is 0 Å². The van der Waals surface area contributed by atoms with E-state index in [1.54, 1.807) is 0 Å². The predicted octanol–water partition coefficient (Wildman–Crippen LogP) is 1.84. The Hall–Kier alpha value is -2.58. The first kappa shape index (κ1) is 18.5. The molecule has 2 N–H and O–H groups in total. The van der Waals surface area contributed by atoms with Gasteiger partial charge in [0.2, 0.25) is 0 Å². The van der Waals surface area contributed by atoms with Gasteiger partial charge in [-0.25, -0.2) is 4.79 Å². The topological polar surface area (TPSA) is 92.7 Å². The van der Waals surface area contributed by atoms with Crippen molar-refractivity contribution in [3.63, 3.8) is 0 Å². The number of carbonyl (C=O) groups is 3. The van der Waals surface area contributed by atoms with Gasteiger partial charge in [-0.05, 0) is 18.6 Å². The van der Waals surface area contributed by atoms with Crippen LogP contribution in [0.5, 0.6) is 0 Å². The van der Waals surface area contributed by atoms with E-state index >= 15 is 0 Å². The monoisotopic (exact) mass is 333 g/mol. The van der Waals surface area contributed by atoms with Gasteiger partial charge in [-0.1, -0.05) is 12.1 Å². The molecule has 0 unspecified atom stereocenters. The number of nitrogens with one attached hydrogen (secondary N) is 1. The maximum Gasteiger partial charge on any atom is 0.417 e. The molecule has 9 heteroatoms. The highest BCUT2D eigenvalue weighted by Gasteiger charge is 2.35. The number of hydrogen-bond acceptors (Lipinski definition) is 4. The molecule has 0 aliphatic carbocycles. The first-order valence-electron chi connectivity index (χ1n) is 6.43. The Kier molecular flexibility index (Phi) is 6.11. The standard InChI is InChI=1S/C14H14F3NO5/c1-23-11(19)7-6-10(13(21)22)18-12(20)8-4-2-3-5-9(8)14(15,16)17/h2-5,10H,6-7H2,1H3,(H,18,20)(H,21,22)/t10-/m0/s1. The normalized spacial score (nSPS) is 12.3. The smallest absolute Gasteiger partial charge is 0.417 e. The number of methoxy groups -OCH3 is 1. The van der Waals surface area contributed by atoms with E-state index in [0.29, 0.717) is 0 Å². The number of alkyl halides is 3. The molecule has 6 nitrogen and oxygen atoms in total. The minimum Gasteiger partial charge on any atom is -0.480 e. The minimum absolute atomic E-state index is 0.297. The van der Waals surface area contributed by atoms with Gasteiger partial charge in [-0.3, -0.25) is 9.59 Å². The molecule has 0 aliphatic heterocycles. The molecule has 0 fully saturated rings. The molecule has 23 heavy (non-hydrogen) atoms. The quantitative estimate of drug-likeness (QED) is 0.775. The highest BCUT2D eigenvalue weighted by molar-refractivity contribution is 5.98. The maximum atomic E-state index is 12.8. The zero-order chi connectivity index (χ0) is 17.6. The minimum atomic E-state index is -4.75. The van der Waals surface area contributed by atoms with Crippen LogP contribution >= 0.6 is 0 Å². The molecule has 1 rings (SSSR count). The Bertz CT molecular complexity index is 600. The van der Waals surface area contributed by atoms with Gasteiger partial charge in [0.15, 0.2) is 0 Å². The number of carboxylic acid groups (broad SMARTS) is 1. The van der Waals surface area contributed by atoms with Crippen LogP contribution in [0.3, 0.4) is 0 Å². The number of hydrogen-bond donors (Lipinski definition) is 2. The van der Waals surface area contributed by atoms with Crippen molar-refractivity contribution in [1.82, 2.24) is 5.32 Å². The van der Waals surface area contributed by atoms with E-state index in [1.807, 2.05) is 5.32 Å². The summed E-state index contributed by atoms with van der Waals surface area (Å²) in [5.41, 5.74) is -1.86. The summed E-state index contributed by atoms with van der Waals surface area (Å²) < 4.78 is 42.9. The molecule has 126 valence electrons. The van der Waals surface area contributed by atoms with Gasteiger partial charge >= 0.3 is 18.1 Å². The average molecular weight is 333 g/mol. The van der Waals surface area contributed by atoms with Gasteiger partial charge in [0, 0.05) is 6.42 Å². The molecule has 1 amide bonds. The van der Waals surface area contributed by atoms with Crippen molar-refractivity contribution in [1.29, 1.82) is 0 Å². The van der Waals surface area contributed by atoms with E-state index in [2.05, 4.69) is 4.74 Å². The third-order valence-electron chi connectivity index (χ3n) is 2.95. The molecule has 1 aromatic carbocycles. The Morgan fingerprint density at radius 3 is 2.39 bits per heavy atom. The van der Waals surface area contributed by atoms with Gasteiger partial charge in [-0.15, -0.1) is 0 Å². The van der Waals surface area contributed by atoms with Crippen LogP contribution in [-0.2, 0) is 20.5 Å². The lowest BCUT2D eigenvalue weighted by Gasteiger charge is -2.16. The summed E-state index contributed by atoms with van der Waals surface area (Å²) in [7, 11) is 1.11. The molecule has 0 heterocycles. The Balaban J connectivity index is 2.92. The Morgan fingerprint density at radius 2 is 1.87 bits per heavy atom. The van der Waals surface area contributed by atoms with E-state index < -0.39 is 41.2 Å². The van der Waals surface area contributed by atoms with E-state index in [-0.39, 0.29) is 12.8 Å². The van der Waals surface area contributed by atoms with Crippen LogP contribution in [-0.4, -0.2) is 36.1 Å². The molecule has 0 spiro atoms. The largest absolute Gasteiger partial charge is 0.480 e. The Morgan fingerprint density at radius 1 is 1.26 bits per heavy atom. The van der Waals surface area contributed by atoms with Crippen molar-refractivity contribution in [3.8, 4) is 0 Å². The summed E-state index contributed by atoms with van der Waals surface area (Å²) >= 11 is 0. The van der Waals surface area contributed by atoms with Crippen molar-refractivity contribution in [2.45, 2.75) is 25.1 Å². The van der Waals surface area contributed by atoms with Crippen molar-refractivity contribution < 1.29 is 37.4 Å². The molecule has 0 saturated carbocycles. The van der Waals surface area contributed by atoms with Crippen molar-refractivity contribution in [2.24, 2.45) is 0 Å². The summed E-state index contributed by atoms with van der Waals surface area (Å²) in [6, 6.07) is 2.50. The number of aliphatic carboxylic acids is 1. The number of esters is 1. The molecule has 0 saturated heterocycles. The van der Waals surface area contributed by atoms with Gasteiger partial charge < -0.3 is 15.2 Å². The molecule has 1 atom stereocenters. The fourth-order valence-electron chi connectivity index (χ4n) is 1.79. The van der Waals surface area contributed by atoms with E-state index in [1.165, 1.54) is 6.07 Å². The fourth-order valence-corrected chi connectivity index (χ4v) is 1.79. The summed E-state index contributed by atoms with van der Waals surface area (Å²) in [6.45, 7) is 0. The second kappa shape index (κ2) is 7.61. The van der Waals surface area contributed by atoms with Crippen LogP contribution < -0.4 is 5.32 Å². The first-order chi connectivity index (χ1) is 10.7. The molecule has 0 bridgehead atoms. The summed E-state index contributed by atoms with van der Waals surface area (Å²) in [4.78, 5) is 34.0. The summed E-state index contributed by atoms with van der Waals surface area (Å²) in [5.74, 6) is -3.34. The average Bonchev–Trinajstić information content (AvgIpc) is 2.49. The summed E-state index contributed by atoms with van der Waals surface area (Å²) in [6.07, 6.45) is -5.35. The molecule has 1 aromatic rings. The molecule has 0 aromatic heterocycles. The van der Waals surface area contributed by atoms with Crippen molar-refractivity contribution in [3.05, 3.63) is 35.4 Å². The van der Waals surface area contributed by atoms with Crippen LogP contribution in [0.15, 0.2) is 24.3 Å². The SMILES string of the molecule is COC(=O)CC[C@H](NC(=O)c1ccccc1C(F)(F)F)C(=O)O. The second-order valence-corrected chi connectivity index (χ2v) is 4.52. The number of benzene rings is 1. The van der Waals surface area contributed by atoms with Gasteiger partial charge in [0.25, 0.3) is 5.91 Å². The van der Waals surface area contributed by atoms with Gasteiger partial charge in [-0.2, -0.15) is 13.2 Å². The first-order valence-corrected chi connectivity index (χ1v) is 6.43. The molecule has 0 aliphatic rings. The van der Waals surface area contributed by atoms with E-state index in [0.717, 1.165) is 25.3 Å². The van der Waals surface area contributed by atoms with E-state index in [4.69, 9.17) is 5.11 Å². The molecular formula is C14H14F3NO5. The lowest BCUT2D eigenvalue weighted by Crippen LogP contribution is -2.41. The van der Waals surface area contributed by atoms with Gasteiger partial charge in [0.05, 0.1) is 18.2 Å². The van der Waals surface area contributed by atoms with Crippen LogP contribution in [0.1, 0.15) is 28.8 Å². The number of carbonyl (C=O) groups excluding carboxylic acids is 2. The number of ether oxygens (including phenoxy) is 1. The lowest BCUT2D eigenvalue weighted by molar-refractivity contribution is -0.142. The Labute approximate surface area is 129 Å². The second-order valence-electron chi connectivity index (χ2n) is 4.52. The predicted molar refractivity (Wildman–Crippen MR) is 71.6 cm³/mol. The molecular weight excluding hydrogens is 319 g/mol. The lowest BCUT2D eigenvalue weighted by atomic mass is 10.1. The van der Waals surface area contributed by atoms with Crippen LogP contribution in [0.4, 0.5) is 13.2 Å². The molecule has 0 radical (unpaired) electrons. The van der Waals surface area contributed by atoms with E-state index in [9.17, 15) is 27.6 Å². The number of halogens is 3. The fraction of sp³-hybridized carbons (Fsp3) is 0.357. The van der Waals surface area contributed by atoms with Crippen LogP contribution in [0.25, 0.3) is 0 Å². The van der Waals surface area contributed by atoms with Crippen molar-refractivity contribution >= 4 is 17.8 Å². The number of amides is 1. The highest BCUT2D eigenvalue weighted by atomic mass is 19.4. The zero-order valence-electron chi connectivity index (χ0n) is 12.0. The number of carboxylic acids is 1.